The number of anilines is 1. The number of carbonyl (C=O) groups excluding carboxylic acids is 3. The number of benzene rings is 1. The number of ketones is 1. The number of carbonyl (C=O) groups is 3. The van der Waals surface area contributed by atoms with Crippen molar-refractivity contribution in [1.29, 1.82) is 0 Å². The third-order valence-electron chi connectivity index (χ3n) is 3.08. The maximum Gasteiger partial charge on any atom is 0.328 e. The van der Waals surface area contributed by atoms with Crippen LogP contribution in [-0.2, 0) is 19.1 Å². The Balaban J connectivity index is 3.24. The molecule has 9 nitrogen and oxygen atoms in total. The zero-order valence-corrected chi connectivity index (χ0v) is 13.5. The number of esters is 2. The van der Waals surface area contributed by atoms with Crippen molar-refractivity contribution < 1.29 is 33.4 Å². The fourth-order valence-electron chi connectivity index (χ4n) is 1.89. The lowest BCUT2D eigenvalue weighted by molar-refractivity contribution is -0.140. The summed E-state index contributed by atoms with van der Waals surface area (Å²) in [5, 5.41) is 0. The Morgan fingerprint density at radius 2 is 1.71 bits per heavy atom. The predicted octanol–water partition coefficient (Wildman–Crippen LogP) is 0.331. The number of Topliss-reactive ketones (excluding diaryl/α,β-unsaturated/α-hetero) is 1. The lowest BCUT2D eigenvalue weighted by Crippen LogP contribution is -2.36. The molecule has 0 aromatic heterocycles. The van der Waals surface area contributed by atoms with Crippen LogP contribution in [0.5, 0.6) is 5.75 Å². The van der Waals surface area contributed by atoms with E-state index in [-0.39, 0.29) is 24.4 Å². The lowest BCUT2D eigenvalue weighted by Gasteiger charge is -2.24. The van der Waals surface area contributed by atoms with Gasteiger partial charge in [-0.1, -0.05) is 0 Å². The average molecular weight is 335 g/mol. The Morgan fingerprint density at radius 1 is 1.12 bits per heavy atom. The van der Waals surface area contributed by atoms with E-state index in [0.29, 0.717) is 5.69 Å². The van der Waals surface area contributed by atoms with Gasteiger partial charge in [0.25, 0.3) is 5.78 Å². The van der Waals surface area contributed by atoms with E-state index in [0.717, 1.165) is 6.21 Å². The third kappa shape index (κ3) is 4.92. The van der Waals surface area contributed by atoms with Gasteiger partial charge in [-0.2, -0.15) is 4.79 Å². The molecule has 0 heterocycles. The topological polar surface area (TPSA) is 119 Å². The molecule has 0 saturated heterocycles. The quantitative estimate of drug-likeness (QED) is 0.221. The van der Waals surface area contributed by atoms with Crippen LogP contribution in [0.2, 0.25) is 0 Å². The first-order valence-corrected chi connectivity index (χ1v) is 6.75. The zero-order valence-electron chi connectivity index (χ0n) is 13.5. The second-order valence-electron chi connectivity index (χ2n) is 4.50. The van der Waals surface area contributed by atoms with Crippen LogP contribution in [-0.4, -0.2) is 63.1 Å². The molecule has 0 spiro atoms. The van der Waals surface area contributed by atoms with Crippen LogP contribution in [0.4, 0.5) is 5.69 Å². The molecule has 0 atom stereocenters. The van der Waals surface area contributed by atoms with Crippen molar-refractivity contribution in [2.75, 3.05) is 39.3 Å². The van der Waals surface area contributed by atoms with Gasteiger partial charge in [-0.15, -0.1) is 0 Å². The van der Waals surface area contributed by atoms with E-state index >= 15 is 0 Å². The highest BCUT2D eigenvalue weighted by Gasteiger charge is 2.21. The van der Waals surface area contributed by atoms with Gasteiger partial charge < -0.3 is 24.6 Å². The summed E-state index contributed by atoms with van der Waals surface area (Å²) in [5.41, 5.74) is 9.03. The molecule has 0 N–H and O–H groups in total. The summed E-state index contributed by atoms with van der Waals surface area (Å²) in [6, 6.07) is 4.35. The largest absolute Gasteiger partial charge is 0.495 e. The Morgan fingerprint density at radius 3 is 2.17 bits per heavy atom. The molecule has 0 aliphatic heterocycles. The number of ether oxygens (including phenoxy) is 3. The molecular formula is C15H17N3O6. The van der Waals surface area contributed by atoms with Gasteiger partial charge in [0.15, 0.2) is 0 Å². The second-order valence-corrected chi connectivity index (χ2v) is 4.50. The molecule has 0 amide bonds. The van der Waals surface area contributed by atoms with Crippen molar-refractivity contribution >= 4 is 29.6 Å². The van der Waals surface area contributed by atoms with E-state index in [2.05, 4.69) is 14.3 Å². The molecule has 128 valence electrons. The molecule has 9 heteroatoms. The highest BCUT2D eigenvalue weighted by molar-refractivity contribution is 6.33. The Labute approximate surface area is 138 Å². The summed E-state index contributed by atoms with van der Waals surface area (Å²) in [5.74, 6) is -1.41. The molecule has 1 aromatic carbocycles. The molecule has 0 saturated carbocycles. The van der Waals surface area contributed by atoms with Gasteiger partial charge in [0.1, 0.15) is 18.8 Å². The minimum Gasteiger partial charge on any atom is -0.495 e. The number of rotatable bonds is 8. The zero-order chi connectivity index (χ0) is 18.1. The first-order chi connectivity index (χ1) is 11.5. The van der Waals surface area contributed by atoms with Crippen molar-refractivity contribution in [3.8, 4) is 5.75 Å². The first-order valence-electron chi connectivity index (χ1n) is 6.75. The van der Waals surface area contributed by atoms with Crippen LogP contribution in [0, 0.1) is 0 Å². The van der Waals surface area contributed by atoms with Crippen molar-refractivity contribution in [2.24, 2.45) is 0 Å². The summed E-state index contributed by atoms with van der Waals surface area (Å²) in [6.07, 6.45) is 0.745. The smallest absolute Gasteiger partial charge is 0.328 e. The van der Waals surface area contributed by atoms with E-state index in [1.807, 2.05) is 0 Å². The predicted molar refractivity (Wildman–Crippen MR) is 83.3 cm³/mol. The second kappa shape index (κ2) is 9.06. The van der Waals surface area contributed by atoms with Gasteiger partial charge in [0.2, 0.25) is 0 Å². The number of methoxy groups -OCH3 is 3. The highest BCUT2D eigenvalue weighted by atomic mass is 16.5. The van der Waals surface area contributed by atoms with Gasteiger partial charge in [0, 0.05) is 5.56 Å². The van der Waals surface area contributed by atoms with Gasteiger partial charge in [-0.05, 0) is 18.2 Å². The maximum absolute atomic E-state index is 11.7. The fraction of sp³-hybridized carbons (Fsp3) is 0.333. The summed E-state index contributed by atoms with van der Waals surface area (Å²) in [4.78, 5) is 38.9. The van der Waals surface area contributed by atoms with Crippen molar-refractivity contribution in [3.63, 3.8) is 0 Å². The summed E-state index contributed by atoms with van der Waals surface area (Å²) in [7, 11) is 3.83. The van der Waals surface area contributed by atoms with E-state index in [1.54, 1.807) is 0 Å². The molecule has 0 radical (unpaired) electrons. The molecule has 0 aliphatic rings. The molecule has 0 unspecified atom stereocenters. The standard InChI is InChI=1S/C15H17N3O6/c1-22-13-6-10(12(19)7-17-16)4-5-11(13)18(8-14(20)23-2)9-15(21)24-3/h4-7H,8-9H2,1-3H3. The van der Waals surface area contributed by atoms with Crippen LogP contribution in [0.15, 0.2) is 18.2 Å². The van der Waals surface area contributed by atoms with Crippen molar-refractivity contribution in [2.45, 2.75) is 0 Å². The van der Waals surface area contributed by atoms with E-state index in [9.17, 15) is 14.4 Å². The average Bonchev–Trinajstić information content (AvgIpc) is 2.60. The number of nitrogens with zero attached hydrogens (tertiary/aromatic N) is 3. The first kappa shape index (κ1) is 18.9. The van der Waals surface area contributed by atoms with E-state index in [4.69, 9.17) is 10.3 Å². The van der Waals surface area contributed by atoms with Crippen LogP contribution in [0.3, 0.4) is 0 Å². The number of hydrogen-bond donors (Lipinski definition) is 0. The summed E-state index contributed by atoms with van der Waals surface area (Å²) < 4.78 is 14.4. The van der Waals surface area contributed by atoms with Gasteiger partial charge in [0.05, 0.1) is 27.0 Å². The summed E-state index contributed by atoms with van der Waals surface area (Å²) in [6.45, 7) is -0.430. The molecular weight excluding hydrogens is 318 g/mol. The van der Waals surface area contributed by atoms with Crippen LogP contribution >= 0.6 is 0 Å². The Bertz CT molecular complexity index is 664. The summed E-state index contributed by atoms with van der Waals surface area (Å²) >= 11 is 0. The monoisotopic (exact) mass is 335 g/mol. The van der Waals surface area contributed by atoms with E-state index < -0.39 is 17.7 Å². The molecule has 0 aliphatic carbocycles. The van der Waals surface area contributed by atoms with Gasteiger partial charge in [-0.25, -0.2) is 0 Å². The SMILES string of the molecule is COC(=O)CN(CC(=O)OC)c1ccc(C(=O)C=[N+]=[N-])cc1OC. The maximum atomic E-state index is 11.7. The molecule has 1 rings (SSSR count). The van der Waals surface area contributed by atoms with E-state index in [1.165, 1.54) is 44.4 Å². The van der Waals surface area contributed by atoms with Gasteiger partial charge >= 0.3 is 18.2 Å². The van der Waals surface area contributed by atoms with Crippen molar-refractivity contribution in [1.82, 2.24) is 0 Å². The molecule has 0 bridgehead atoms. The Hall–Kier alpha value is -3.19. The lowest BCUT2D eigenvalue weighted by atomic mass is 10.1. The fourth-order valence-corrected chi connectivity index (χ4v) is 1.89. The third-order valence-corrected chi connectivity index (χ3v) is 3.08. The van der Waals surface area contributed by atoms with Crippen LogP contribution in [0.1, 0.15) is 10.4 Å². The highest BCUT2D eigenvalue weighted by Crippen LogP contribution is 2.29. The molecule has 1 aromatic rings. The van der Waals surface area contributed by atoms with Crippen LogP contribution < -0.4 is 9.64 Å². The minimum atomic E-state index is -0.562. The van der Waals surface area contributed by atoms with Crippen molar-refractivity contribution in [3.05, 3.63) is 29.3 Å². The van der Waals surface area contributed by atoms with Gasteiger partial charge in [-0.3, -0.25) is 14.4 Å². The number of hydrogen-bond acceptors (Lipinski definition) is 7. The molecule has 24 heavy (non-hydrogen) atoms. The minimum absolute atomic E-state index is 0.212. The normalized spacial score (nSPS) is 9.46. The van der Waals surface area contributed by atoms with Crippen LogP contribution in [0.25, 0.3) is 5.53 Å². The molecule has 0 fully saturated rings. The Kier molecular flexibility index (Phi) is 7.12.